The maximum atomic E-state index is 12.3. The fourth-order valence-corrected chi connectivity index (χ4v) is 3.11. The van der Waals surface area contributed by atoms with E-state index < -0.39 is 5.60 Å². The molecule has 4 heteroatoms. The van der Waals surface area contributed by atoms with Crippen LogP contribution >= 0.6 is 0 Å². The van der Waals surface area contributed by atoms with Crippen LogP contribution in [0.4, 0.5) is 5.69 Å². The minimum Gasteiger partial charge on any atom is -0.386 e. The Morgan fingerprint density at radius 3 is 2.89 bits per heavy atom. The summed E-state index contributed by atoms with van der Waals surface area (Å²) in [5.74, 6) is 0.108. The fraction of sp³-hybridized carbons (Fsp3) is 0.533. The van der Waals surface area contributed by atoms with Gasteiger partial charge in [0, 0.05) is 12.1 Å². The van der Waals surface area contributed by atoms with Gasteiger partial charge >= 0.3 is 0 Å². The Labute approximate surface area is 113 Å². The van der Waals surface area contributed by atoms with Crippen molar-refractivity contribution in [2.45, 2.75) is 37.8 Å². The molecule has 0 spiro atoms. The van der Waals surface area contributed by atoms with Crippen LogP contribution in [0.5, 0.6) is 0 Å². The van der Waals surface area contributed by atoms with E-state index in [1.807, 2.05) is 18.2 Å². The number of anilines is 1. The maximum absolute atomic E-state index is 12.3. The molecular formula is C15H20N2O2. The third kappa shape index (κ3) is 2.21. The normalized spacial score (nSPS) is 23.5. The van der Waals surface area contributed by atoms with E-state index in [1.54, 1.807) is 4.90 Å². The number of aliphatic hydroxyl groups is 1. The lowest BCUT2D eigenvalue weighted by molar-refractivity contribution is -0.157. The lowest BCUT2D eigenvalue weighted by Gasteiger charge is -2.47. The van der Waals surface area contributed by atoms with Crippen molar-refractivity contribution in [3.63, 3.8) is 0 Å². The average molecular weight is 260 g/mol. The molecule has 0 aliphatic carbocycles. The zero-order chi connectivity index (χ0) is 13.5. The van der Waals surface area contributed by atoms with E-state index >= 15 is 0 Å². The second-order valence-corrected chi connectivity index (χ2v) is 5.73. The highest BCUT2D eigenvalue weighted by molar-refractivity contribution is 5.88. The molecule has 0 radical (unpaired) electrons. The smallest absolute Gasteiger partial charge is 0.245 e. The number of hydrogen-bond donors (Lipinski definition) is 2. The van der Waals surface area contributed by atoms with Gasteiger partial charge in [-0.25, -0.2) is 0 Å². The lowest BCUT2D eigenvalue weighted by atomic mass is 9.88. The summed E-state index contributed by atoms with van der Waals surface area (Å²) in [4.78, 5) is 14.1. The summed E-state index contributed by atoms with van der Waals surface area (Å²) in [5, 5.41) is 13.4. The molecule has 2 aliphatic heterocycles. The Bertz CT molecular complexity index is 470. The van der Waals surface area contributed by atoms with E-state index in [4.69, 9.17) is 0 Å². The largest absolute Gasteiger partial charge is 0.386 e. The summed E-state index contributed by atoms with van der Waals surface area (Å²) in [6, 6.07) is 7.87. The number of carbonyl (C=O) groups is 1. The van der Waals surface area contributed by atoms with Crippen molar-refractivity contribution in [2.75, 3.05) is 18.4 Å². The molecule has 19 heavy (non-hydrogen) atoms. The second-order valence-electron chi connectivity index (χ2n) is 5.73. The van der Waals surface area contributed by atoms with Crippen LogP contribution in [0.15, 0.2) is 24.3 Å². The quantitative estimate of drug-likeness (QED) is 0.863. The summed E-state index contributed by atoms with van der Waals surface area (Å²) >= 11 is 0. The molecule has 3 rings (SSSR count). The van der Waals surface area contributed by atoms with Crippen LogP contribution in [-0.2, 0) is 11.2 Å². The molecule has 0 aromatic heterocycles. The highest BCUT2D eigenvalue weighted by Crippen LogP contribution is 2.30. The molecule has 1 aromatic rings. The highest BCUT2D eigenvalue weighted by atomic mass is 16.3. The first kappa shape index (κ1) is 12.5. The molecule has 4 nitrogen and oxygen atoms in total. The van der Waals surface area contributed by atoms with Gasteiger partial charge in [0.1, 0.15) is 6.04 Å². The van der Waals surface area contributed by atoms with Gasteiger partial charge in [-0.15, -0.1) is 0 Å². The van der Waals surface area contributed by atoms with Gasteiger partial charge in [0.25, 0.3) is 0 Å². The van der Waals surface area contributed by atoms with E-state index in [2.05, 4.69) is 18.3 Å². The predicted octanol–water partition coefficient (Wildman–Crippen LogP) is 1.40. The Morgan fingerprint density at radius 2 is 2.21 bits per heavy atom. The van der Waals surface area contributed by atoms with Crippen molar-refractivity contribution in [2.24, 2.45) is 0 Å². The number of amides is 1. The van der Waals surface area contributed by atoms with E-state index in [0.717, 1.165) is 24.9 Å². The van der Waals surface area contributed by atoms with Gasteiger partial charge in [0.15, 0.2) is 0 Å². The van der Waals surface area contributed by atoms with E-state index in [9.17, 15) is 9.90 Å². The monoisotopic (exact) mass is 260 g/mol. The molecule has 2 N–H and O–H groups in total. The van der Waals surface area contributed by atoms with Gasteiger partial charge in [-0.3, -0.25) is 4.79 Å². The van der Waals surface area contributed by atoms with Crippen LogP contribution in [0.2, 0.25) is 0 Å². The summed E-state index contributed by atoms with van der Waals surface area (Å²) in [6.45, 7) is 3.01. The van der Waals surface area contributed by atoms with Gasteiger partial charge in [0.05, 0.1) is 18.7 Å². The van der Waals surface area contributed by atoms with Crippen LogP contribution in [0, 0.1) is 0 Å². The van der Waals surface area contributed by atoms with Gasteiger partial charge < -0.3 is 15.3 Å². The van der Waals surface area contributed by atoms with Gasteiger partial charge in [0.2, 0.25) is 5.91 Å². The number of benzene rings is 1. The Morgan fingerprint density at radius 1 is 1.47 bits per heavy atom. The van der Waals surface area contributed by atoms with Crippen LogP contribution in [0.3, 0.4) is 0 Å². The molecule has 0 saturated carbocycles. The zero-order valence-electron chi connectivity index (χ0n) is 11.2. The van der Waals surface area contributed by atoms with Crippen molar-refractivity contribution in [1.82, 2.24) is 4.90 Å². The molecule has 0 bridgehead atoms. The van der Waals surface area contributed by atoms with E-state index in [1.165, 1.54) is 5.56 Å². The van der Waals surface area contributed by atoms with Crippen LogP contribution in [-0.4, -0.2) is 40.6 Å². The Hall–Kier alpha value is -1.55. The first-order chi connectivity index (χ1) is 9.11. The number of β-amino-alcohol motifs (C(OH)–C–C–N with tert-alkyl or cyclic N) is 1. The number of nitrogens with zero attached hydrogens (tertiary/aromatic N) is 1. The molecule has 2 aliphatic rings. The number of rotatable bonds is 3. The van der Waals surface area contributed by atoms with Crippen LogP contribution < -0.4 is 5.32 Å². The van der Waals surface area contributed by atoms with Crippen molar-refractivity contribution in [1.29, 1.82) is 0 Å². The highest BCUT2D eigenvalue weighted by Gasteiger charge is 2.45. The van der Waals surface area contributed by atoms with Crippen molar-refractivity contribution in [3.05, 3.63) is 29.8 Å². The van der Waals surface area contributed by atoms with Crippen molar-refractivity contribution in [3.8, 4) is 0 Å². The SMILES string of the molecule is CCCC1(O)CN(C(=O)[C@@H]2Cc3ccccc3N2)C1. The van der Waals surface area contributed by atoms with Crippen LogP contribution in [0.1, 0.15) is 25.3 Å². The molecule has 102 valence electrons. The summed E-state index contributed by atoms with van der Waals surface area (Å²) < 4.78 is 0. The maximum Gasteiger partial charge on any atom is 0.245 e. The number of likely N-dealkylation sites (tertiary alicyclic amines) is 1. The predicted molar refractivity (Wildman–Crippen MR) is 74.0 cm³/mol. The van der Waals surface area contributed by atoms with Crippen molar-refractivity contribution >= 4 is 11.6 Å². The minimum atomic E-state index is -0.643. The number of hydrogen-bond acceptors (Lipinski definition) is 3. The topological polar surface area (TPSA) is 52.6 Å². The van der Waals surface area contributed by atoms with E-state index in [0.29, 0.717) is 13.1 Å². The first-order valence-corrected chi connectivity index (χ1v) is 6.97. The number of carbonyl (C=O) groups excluding carboxylic acids is 1. The number of para-hydroxylation sites is 1. The zero-order valence-corrected chi connectivity index (χ0v) is 11.2. The summed E-state index contributed by atoms with van der Waals surface area (Å²) in [7, 11) is 0. The second kappa shape index (κ2) is 4.53. The first-order valence-electron chi connectivity index (χ1n) is 6.97. The minimum absolute atomic E-state index is 0.108. The third-order valence-electron chi connectivity index (χ3n) is 4.07. The molecular weight excluding hydrogens is 240 g/mol. The van der Waals surface area contributed by atoms with Crippen LogP contribution in [0.25, 0.3) is 0 Å². The molecule has 1 saturated heterocycles. The number of nitrogens with one attached hydrogen (secondary N) is 1. The van der Waals surface area contributed by atoms with E-state index in [-0.39, 0.29) is 11.9 Å². The van der Waals surface area contributed by atoms with Gasteiger partial charge in [-0.1, -0.05) is 31.5 Å². The van der Waals surface area contributed by atoms with Gasteiger partial charge in [-0.05, 0) is 18.1 Å². The molecule has 1 fully saturated rings. The Kier molecular flexibility index (Phi) is 2.97. The van der Waals surface area contributed by atoms with Gasteiger partial charge in [-0.2, -0.15) is 0 Å². The van der Waals surface area contributed by atoms with Crippen molar-refractivity contribution < 1.29 is 9.90 Å². The average Bonchev–Trinajstić information content (AvgIpc) is 2.79. The Balaban J connectivity index is 1.60. The molecule has 0 unspecified atom stereocenters. The molecule has 2 heterocycles. The standard InChI is InChI=1S/C15H20N2O2/c1-2-7-15(19)9-17(10-15)14(18)13-8-11-5-3-4-6-12(11)16-13/h3-6,13,16,19H,2,7-10H2,1H3/t13-/m0/s1. The molecule has 1 aromatic carbocycles. The third-order valence-corrected chi connectivity index (χ3v) is 4.07. The summed E-state index contributed by atoms with van der Waals surface area (Å²) in [5.41, 5.74) is 1.62. The summed E-state index contributed by atoms with van der Waals surface area (Å²) in [6.07, 6.45) is 2.47. The number of fused-ring (bicyclic) bond motifs is 1. The fourth-order valence-electron chi connectivity index (χ4n) is 3.11. The molecule has 1 atom stereocenters. The molecule has 1 amide bonds. The lowest BCUT2D eigenvalue weighted by Crippen LogP contribution is -2.65.